The molecule has 0 fully saturated rings. The van der Waals surface area contributed by atoms with Gasteiger partial charge in [0.05, 0.1) is 0 Å². The van der Waals surface area contributed by atoms with E-state index in [4.69, 9.17) is 9.47 Å². The Hall–Kier alpha value is -1.85. The summed E-state index contributed by atoms with van der Waals surface area (Å²) in [4.78, 5) is 36.2. The molecule has 1 amide bonds. The van der Waals surface area contributed by atoms with E-state index in [1.165, 1.54) is 155 Å². The van der Waals surface area contributed by atoms with Gasteiger partial charge in [-0.25, -0.2) is 0 Å². The van der Waals surface area contributed by atoms with E-state index in [1.54, 1.807) is 0 Å². The van der Waals surface area contributed by atoms with Crippen LogP contribution in [0.25, 0.3) is 0 Å². The molecule has 270 valence electrons. The molecule has 6 heteroatoms. The number of hydrogen-bond acceptors (Lipinski definition) is 5. The lowest BCUT2D eigenvalue weighted by Crippen LogP contribution is -2.47. The fourth-order valence-electron chi connectivity index (χ4n) is 5.97. The summed E-state index contributed by atoms with van der Waals surface area (Å²) in [6, 6.07) is -0.606. The minimum atomic E-state index is -0.672. The molecule has 0 aromatic rings. The highest BCUT2D eigenvalue weighted by molar-refractivity contribution is 5.76. The van der Waals surface area contributed by atoms with Crippen molar-refractivity contribution < 1.29 is 23.9 Å². The van der Waals surface area contributed by atoms with Crippen LogP contribution in [-0.4, -0.2) is 36.6 Å². The number of esters is 2. The van der Waals surface area contributed by atoms with Crippen molar-refractivity contribution in [3.05, 3.63) is 12.2 Å². The number of allylic oxidation sites excluding steroid dienone is 1. The van der Waals surface area contributed by atoms with Crippen molar-refractivity contribution in [1.29, 1.82) is 0 Å². The molecule has 6 nitrogen and oxygen atoms in total. The van der Waals surface area contributed by atoms with Crippen molar-refractivity contribution in [2.24, 2.45) is 0 Å². The van der Waals surface area contributed by atoms with Crippen molar-refractivity contribution in [2.75, 3.05) is 6.61 Å². The molecule has 0 heterocycles. The zero-order valence-corrected chi connectivity index (χ0v) is 30.9. The van der Waals surface area contributed by atoms with E-state index >= 15 is 0 Å². The minimum absolute atomic E-state index is 0.0271. The summed E-state index contributed by atoms with van der Waals surface area (Å²) in [5.41, 5.74) is 0. The Morgan fingerprint density at radius 3 is 1.33 bits per heavy atom. The van der Waals surface area contributed by atoms with E-state index in [-0.39, 0.29) is 12.5 Å². The van der Waals surface area contributed by atoms with Gasteiger partial charge in [0, 0.05) is 20.3 Å². The van der Waals surface area contributed by atoms with E-state index in [0.29, 0.717) is 6.42 Å². The quantitative estimate of drug-likeness (QED) is 0.0426. The van der Waals surface area contributed by atoms with E-state index in [1.807, 2.05) is 12.2 Å². The van der Waals surface area contributed by atoms with Crippen LogP contribution >= 0.6 is 0 Å². The summed E-state index contributed by atoms with van der Waals surface area (Å²) >= 11 is 0. The van der Waals surface area contributed by atoms with Crippen LogP contribution in [0.3, 0.4) is 0 Å². The fourth-order valence-corrected chi connectivity index (χ4v) is 5.97. The van der Waals surface area contributed by atoms with Crippen LogP contribution in [0.4, 0.5) is 0 Å². The van der Waals surface area contributed by atoms with Crippen molar-refractivity contribution in [1.82, 2.24) is 5.32 Å². The second-order valence-corrected chi connectivity index (χ2v) is 13.5. The second-order valence-electron chi connectivity index (χ2n) is 13.5. The van der Waals surface area contributed by atoms with Crippen LogP contribution in [0.5, 0.6) is 0 Å². The molecule has 46 heavy (non-hydrogen) atoms. The van der Waals surface area contributed by atoms with Gasteiger partial charge in [-0.2, -0.15) is 0 Å². The molecule has 0 aliphatic rings. The molecule has 0 unspecified atom stereocenters. The number of rotatable bonds is 34. The predicted molar refractivity (Wildman–Crippen MR) is 194 cm³/mol. The lowest BCUT2D eigenvalue weighted by Gasteiger charge is -2.25. The van der Waals surface area contributed by atoms with E-state index in [2.05, 4.69) is 19.2 Å². The first-order chi connectivity index (χ1) is 22.4. The highest BCUT2D eigenvalue weighted by atomic mass is 16.6. The van der Waals surface area contributed by atoms with Gasteiger partial charge in [-0.05, 0) is 25.3 Å². The summed E-state index contributed by atoms with van der Waals surface area (Å²) in [5.74, 6) is -0.940. The number of nitrogens with one attached hydrogen (secondary N) is 1. The van der Waals surface area contributed by atoms with Gasteiger partial charge in [0.2, 0.25) is 5.91 Å². The monoisotopic (exact) mass is 650 g/mol. The van der Waals surface area contributed by atoms with E-state index < -0.39 is 24.1 Å². The van der Waals surface area contributed by atoms with Crippen molar-refractivity contribution in [2.45, 2.75) is 220 Å². The number of unbranched alkanes of at least 4 members (excludes halogenated alkanes) is 25. The van der Waals surface area contributed by atoms with Crippen LogP contribution in [-0.2, 0) is 23.9 Å². The predicted octanol–water partition coefficient (Wildman–Crippen LogP) is 11.5. The minimum Gasteiger partial charge on any atom is -0.464 e. The largest absolute Gasteiger partial charge is 0.464 e. The molecule has 0 aliphatic carbocycles. The maximum absolute atomic E-state index is 12.8. The summed E-state index contributed by atoms with van der Waals surface area (Å²) in [6.07, 6.45) is 38.0. The maximum Gasteiger partial charge on any atom is 0.303 e. The third-order valence-electron chi connectivity index (χ3n) is 8.82. The van der Waals surface area contributed by atoms with Crippen molar-refractivity contribution >= 4 is 17.8 Å². The SMILES string of the molecule is CCCCCCCCCCCCC/C=C/[C@@H](OC(C)=O)[C@H](COC(C)=O)NC(=O)CCCCCCCCCCCCCCCCC. The Kier molecular flexibility index (Phi) is 33.1. The van der Waals surface area contributed by atoms with Gasteiger partial charge >= 0.3 is 11.9 Å². The number of amides is 1. The Bertz CT molecular complexity index is 737. The standard InChI is InChI=1S/C40H75NO5/c1-5-7-9-11-13-15-17-19-20-22-24-26-28-30-32-34-40(44)41-38(35-45-36(3)42)39(46-37(4)43)33-31-29-27-25-23-21-18-16-14-12-10-8-6-2/h31,33,38-39H,5-30,32,34-35H2,1-4H3,(H,41,44)/b33-31+/t38-,39+/m0/s1. The topological polar surface area (TPSA) is 81.7 Å². The van der Waals surface area contributed by atoms with Crippen LogP contribution < -0.4 is 5.32 Å². The molecule has 0 bridgehead atoms. The number of ether oxygens (including phenoxy) is 2. The van der Waals surface area contributed by atoms with Crippen molar-refractivity contribution in [3.8, 4) is 0 Å². The summed E-state index contributed by atoms with van der Waals surface area (Å²) < 4.78 is 10.8. The molecule has 0 rings (SSSR count). The van der Waals surface area contributed by atoms with Gasteiger partial charge in [0.25, 0.3) is 0 Å². The van der Waals surface area contributed by atoms with Crippen LogP contribution in [0.15, 0.2) is 12.2 Å². The molecule has 0 aliphatic heterocycles. The molecule has 0 saturated heterocycles. The number of hydrogen-bond donors (Lipinski definition) is 1. The highest BCUT2D eigenvalue weighted by Gasteiger charge is 2.25. The molecule has 0 aromatic heterocycles. The van der Waals surface area contributed by atoms with Crippen molar-refractivity contribution in [3.63, 3.8) is 0 Å². The van der Waals surface area contributed by atoms with Crippen LogP contribution in [0.1, 0.15) is 207 Å². The summed E-state index contributed by atoms with van der Waals surface area (Å²) in [5, 5.41) is 2.98. The summed E-state index contributed by atoms with van der Waals surface area (Å²) in [6.45, 7) is 7.21. The normalized spacial score (nSPS) is 12.7. The lowest BCUT2D eigenvalue weighted by molar-refractivity contribution is -0.149. The van der Waals surface area contributed by atoms with Gasteiger partial charge in [-0.15, -0.1) is 0 Å². The Morgan fingerprint density at radius 1 is 0.543 bits per heavy atom. The fraction of sp³-hybridized carbons (Fsp3) is 0.875. The molecular formula is C40H75NO5. The zero-order valence-electron chi connectivity index (χ0n) is 30.9. The smallest absolute Gasteiger partial charge is 0.303 e. The van der Waals surface area contributed by atoms with Crippen LogP contribution in [0, 0.1) is 0 Å². The van der Waals surface area contributed by atoms with E-state index in [9.17, 15) is 14.4 Å². The third-order valence-corrected chi connectivity index (χ3v) is 8.82. The first-order valence-electron chi connectivity index (χ1n) is 19.7. The molecule has 1 N–H and O–H groups in total. The molecular weight excluding hydrogens is 574 g/mol. The Morgan fingerprint density at radius 2 is 0.935 bits per heavy atom. The first kappa shape index (κ1) is 44.1. The highest BCUT2D eigenvalue weighted by Crippen LogP contribution is 2.15. The first-order valence-corrected chi connectivity index (χ1v) is 19.7. The number of carbonyl (C=O) groups excluding carboxylic acids is 3. The van der Waals surface area contributed by atoms with Gasteiger partial charge in [-0.1, -0.05) is 174 Å². The molecule has 0 radical (unpaired) electrons. The summed E-state index contributed by atoms with van der Waals surface area (Å²) in [7, 11) is 0. The Labute approximate surface area is 285 Å². The molecule has 0 spiro atoms. The van der Waals surface area contributed by atoms with Gasteiger partial charge in [-0.3, -0.25) is 14.4 Å². The maximum atomic E-state index is 12.8. The van der Waals surface area contributed by atoms with Crippen LogP contribution in [0.2, 0.25) is 0 Å². The second kappa shape index (κ2) is 34.5. The average Bonchev–Trinajstić information content (AvgIpc) is 3.02. The zero-order chi connectivity index (χ0) is 33.9. The van der Waals surface area contributed by atoms with Gasteiger partial charge in [0.1, 0.15) is 18.8 Å². The number of carbonyl (C=O) groups is 3. The Balaban J connectivity index is 4.28. The molecule has 0 aromatic carbocycles. The van der Waals surface area contributed by atoms with E-state index in [0.717, 1.165) is 32.1 Å². The molecule has 2 atom stereocenters. The third kappa shape index (κ3) is 32.1. The lowest BCUT2D eigenvalue weighted by atomic mass is 10.0. The average molecular weight is 650 g/mol. The van der Waals surface area contributed by atoms with Gasteiger partial charge < -0.3 is 14.8 Å². The van der Waals surface area contributed by atoms with Gasteiger partial charge in [0.15, 0.2) is 0 Å². The molecule has 0 saturated carbocycles.